The van der Waals surface area contributed by atoms with E-state index in [1.165, 1.54) is 13.2 Å². The predicted molar refractivity (Wildman–Crippen MR) is 104 cm³/mol. The molecule has 160 valence electrons. The molecular weight excluding hydrogens is 380 g/mol. The Bertz CT molecular complexity index is 757. The molecule has 1 aromatic rings. The molecule has 4 rings (SSSR count). The van der Waals surface area contributed by atoms with E-state index in [1.54, 1.807) is 0 Å². The average molecular weight is 409 g/mol. The number of benzene rings is 1. The number of carbonyl (C=O) groups excluding carboxylic acids is 1. The van der Waals surface area contributed by atoms with Crippen LogP contribution < -0.4 is 4.74 Å². The van der Waals surface area contributed by atoms with Gasteiger partial charge in [-0.3, -0.25) is 14.6 Å². The van der Waals surface area contributed by atoms with Crippen LogP contribution in [0.3, 0.4) is 0 Å². The van der Waals surface area contributed by atoms with Gasteiger partial charge in [0.2, 0.25) is 5.91 Å². The molecule has 0 bridgehead atoms. The zero-order chi connectivity index (χ0) is 20.4. The van der Waals surface area contributed by atoms with E-state index in [1.807, 2.05) is 9.80 Å². The van der Waals surface area contributed by atoms with Gasteiger partial charge in [-0.2, -0.15) is 0 Å². The Labute approximate surface area is 170 Å². The second-order valence-electron chi connectivity index (χ2n) is 8.28. The molecule has 1 atom stereocenters. The van der Waals surface area contributed by atoms with E-state index >= 15 is 0 Å². The maximum atomic E-state index is 14.3. The molecule has 3 fully saturated rings. The molecule has 0 saturated carbocycles. The predicted octanol–water partition coefficient (Wildman–Crippen LogP) is 1.73. The maximum Gasteiger partial charge on any atom is 0.230 e. The number of rotatable bonds is 6. The van der Waals surface area contributed by atoms with E-state index in [0.717, 1.165) is 64.8 Å². The fourth-order valence-corrected chi connectivity index (χ4v) is 4.80. The van der Waals surface area contributed by atoms with Gasteiger partial charge in [-0.1, -0.05) is 0 Å². The third kappa shape index (κ3) is 4.11. The topological polar surface area (TPSA) is 45.2 Å². The second kappa shape index (κ2) is 8.53. The summed E-state index contributed by atoms with van der Waals surface area (Å²) in [6, 6.07) is 2.53. The van der Waals surface area contributed by atoms with Crippen LogP contribution in [0.25, 0.3) is 0 Å². The standard InChI is InChI=1S/C21H29F2N3O3/c1-28-18-3-2-17(22)19(23)16(18)14-25-6-4-21(15-25)5-7-26(20(21)27)9-8-24-10-12-29-13-11-24/h2-3H,4-15H2,1H3. The fourth-order valence-electron chi connectivity index (χ4n) is 4.80. The highest BCUT2D eigenvalue weighted by atomic mass is 19.2. The number of halogens is 2. The number of ether oxygens (including phenoxy) is 2. The highest BCUT2D eigenvalue weighted by molar-refractivity contribution is 5.85. The quantitative estimate of drug-likeness (QED) is 0.716. The van der Waals surface area contributed by atoms with Crippen LogP contribution in [0, 0.1) is 17.0 Å². The Morgan fingerprint density at radius 2 is 1.83 bits per heavy atom. The molecule has 1 amide bonds. The van der Waals surface area contributed by atoms with E-state index in [-0.39, 0.29) is 23.4 Å². The molecule has 1 aromatic carbocycles. The van der Waals surface area contributed by atoms with E-state index in [4.69, 9.17) is 9.47 Å². The van der Waals surface area contributed by atoms with E-state index in [2.05, 4.69) is 4.90 Å². The number of methoxy groups -OCH3 is 1. The van der Waals surface area contributed by atoms with Gasteiger partial charge in [-0.05, 0) is 31.5 Å². The van der Waals surface area contributed by atoms with Crippen LogP contribution in [-0.4, -0.2) is 86.7 Å². The number of amides is 1. The summed E-state index contributed by atoms with van der Waals surface area (Å²) in [6.07, 6.45) is 1.59. The minimum absolute atomic E-state index is 0.208. The largest absolute Gasteiger partial charge is 0.496 e. The molecule has 0 aliphatic carbocycles. The van der Waals surface area contributed by atoms with Crippen molar-refractivity contribution in [3.05, 3.63) is 29.3 Å². The van der Waals surface area contributed by atoms with Crippen molar-refractivity contribution in [1.82, 2.24) is 14.7 Å². The van der Waals surface area contributed by atoms with E-state index in [0.29, 0.717) is 18.8 Å². The zero-order valence-corrected chi connectivity index (χ0v) is 17.0. The Morgan fingerprint density at radius 3 is 2.59 bits per heavy atom. The SMILES string of the molecule is COc1ccc(F)c(F)c1CN1CCC2(CCN(CCN3CCOCC3)C2=O)C1. The first-order valence-corrected chi connectivity index (χ1v) is 10.4. The Hall–Kier alpha value is -1.77. The van der Waals surface area contributed by atoms with Gasteiger partial charge < -0.3 is 14.4 Å². The van der Waals surface area contributed by atoms with Gasteiger partial charge in [-0.25, -0.2) is 8.78 Å². The molecule has 3 aliphatic rings. The summed E-state index contributed by atoms with van der Waals surface area (Å²) in [4.78, 5) is 19.5. The number of likely N-dealkylation sites (tertiary alicyclic amines) is 2. The van der Waals surface area contributed by atoms with Gasteiger partial charge in [-0.15, -0.1) is 0 Å². The second-order valence-corrected chi connectivity index (χ2v) is 8.28. The van der Waals surface area contributed by atoms with Gasteiger partial charge in [0.15, 0.2) is 11.6 Å². The van der Waals surface area contributed by atoms with Gasteiger partial charge in [0.05, 0.1) is 25.7 Å². The lowest BCUT2D eigenvalue weighted by molar-refractivity contribution is -0.135. The van der Waals surface area contributed by atoms with Gasteiger partial charge >= 0.3 is 0 Å². The smallest absolute Gasteiger partial charge is 0.230 e. The Kier molecular flexibility index (Phi) is 6.03. The lowest BCUT2D eigenvalue weighted by atomic mass is 9.85. The summed E-state index contributed by atoms with van der Waals surface area (Å²) < 4.78 is 38.6. The van der Waals surface area contributed by atoms with Crippen molar-refractivity contribution in [3.63, 3.8) is 0 Å². The molecule has 3 heterocycles. The summed E-state index contributed by atoms with van der Waals surface area (Å²) in [5.74, 6) is -1.19. The van der Waals surface area contributed by atoms with Crippen molar-refractivity contribution < 1.29 is 23.0 Å². The number of hydrogen-bond donors (Lipinski definition) is 0. The molecule has 6 nitrogen and oxygen atoms in total. The molecule has 29 heavy (non-hydrogen) atoms. The van der Waals surface area contributed by atoms with Gasteiger partial charge in [0.25, 0.3) is 0 Å². The molecule has 1 spiro atoms. The van der Waals surface area contributed by atoms with Crippen molar-refractivity contribution >= 4 is 5.91 Å². The van der Waals surface area contributed by atoms with Crippen molar-refractivity contribution in [2.75, 3.05) is 66.1 Å². The van der Waals surface area contributed by atoms with Crippen molar-refractivity contribution in [1.29, 1.82) is 0 Å². The van der Waals surface area contributed by atoms with Gasteiger partial charge in [0, 0.05) is 51.4 Å². The zero-order valence-electron chi connectivity index (χ0n) is 17.0. The first-order chi connectivity index (χ1) is 14.0. The summed E-state index contributed by atoms with van der Waals surface area (Å²) in [5.41, 5.74) is -0.165. The third-order valence-electron chi connectivity index (χ3n) is 6.58. The summed E-state index contributed by atoms with van der Waals surface area (Å²) >= 11 is 0. The first-order valence-electron chi connectivity index (χ1n) is 10.4. The monoisotopic (exact) mass is 409 g/mol. The average Bonchev–Trinajstić information content (AvgIpc) is 3.29. The summed E-state index contributed by atoms with van der Waals surface area (Å²) in [7, 11) is 1.45. The normalized spacial score (nSPS) is 26.0. The molecule has 0 N–H and O–H groups in total. The molecular formula is C21H29F2N3O3. The molecule has 3 aliphatic heterocycles. The van der Waals surface area contributed by atoms with E-state index in [9.17, 15) is 13.6 Å². The van der Waals surface area contributed by atoms with Crippen LogP contribution in [0.4, 0.5) is 8.78 Å². The number of nitrogens with zero attached hydrogens (tertiary/aromatic N) is 3. The molecule has 0 radical (unpaired) electrons. The van der Waals surface area contributed by atoms with Crippen LogP contribution in [-0.2, 0) is 16.1 Å². The maximum absolute atomic E-state index is 14.3. The fraction of sp³-hybridized carbons (Fsp3) is 0.667. The minimum Gasteiger partial charge on any atom is -0.496 e. The van der Waals surface area contributed by atoms with Crippen LogP contribution in [0.5, 0.6) is 5.75 Å². The number of morpholine rings is 1. The highest BCUT2D eigenvalue weighted by Crippen LogP contribution is 2.41. The Morgan fingerprint density at radius 1 is 1.07 bits per heavy atom. The van der Waals surface area contributed by atoms with Crippen LogP contribution in [0.1, 0.15) is 18.4 Å². The molecule has 1 unspecified atom stereocenters. The lowest BCUT2D eigenvalue weighted by Gasteiger charge is -2.29. The summed E-state index contributed by atoms with van der Waals surface area (Å²) in [5, 5.41) is 0. The van der Waals surface area contributed by atoms with Crippen molar-refractivity contribution in [2.24, 2.45) is 5.41 Å². The van der Waals surface area contributed by atoms with Crippen LogP contribution in [0.2, 0.25) is 0 Å². The van der Waals surface area contributed by atoms with E-state index < -0.39 is 11.6 Å². The number of carbonyl (C=O) groups is 1. The van der Waals surface area contributed by atoms with Crippen LogP contribution >= 0.6 is 0 Å². The lowest BCUT2D eigenvalue weighted by Crippen LogP contribution is -2.43. The highest BCUT2D eigenvalue weighted by Gasteiger charge is 2.50. The molecule has 8 heteroatoms. The van der Waals surface area contributed by atoms with Crippen LogP contribution in [0.15, 0.2) is 12.1 Å². The third-order valence-corrected chi connectivity index (χ3v) is 6.58. The summed E-state index contributed by atoms with van der Waals surface area (Å²) in [6.45, 7) is 7.27. The van der Waals surface area contributed by atoms with Gasteiger partial charge in [0.1, 0.15) is 5.75 Å². The Balaban J connectivity index is 1.37. The van der Waals surface area contributed by atoms with Crippen molar-refractivity contribution in [2.45, 2.75) is 19.4 Å². The van der Waals surface area contributed by atoms with Crippen molar-refractivity contribution in [3.8, 4) is 5.75 Å². The molecule has 3 saturated heterocycles. The molecule has 0 aromatic heterocycles. The number of hydrogen-bond acceptors (Lipinski definition) is 5. The minimum atomic E-state index is -0.874. The first kappa shape index (κ1) is 20.5.